The smallest absolute Gasteiger partial charge is 0.0734 e. The summed E-state index contributed by atoms with van der Waals surface area (Å²) in [4.78, 5) is 0. The van der Waals surface area contributed by atoms with Gasteiger partial charge in [0.2, 0.25) is 0 Å². The van der Waals surface area contributed by atoms with Crippen LogP contribution in [0.15, 0.2) is 18.2 Å². The SMILES string of the molecule is C[C@@H]1COCc2c(Cl)cccc21. The molecule has 1 heterocycles. The Labute approximate surface area is 77.3 Å². The number of hydrogen-bond acceptors (Lipinski definition) is 1. The standard InChI is InChI=1S/C10H11ClO/c1-7-5-12-6-9-8(7)3-2-4-10(9)11/h2-4,7H,5-6H2,1H3/t7-/m1/s1. The van der Waals surface area contributed by atoms with E-state index in [9.17, 15) is 0 Å². The lowest BCUT2D eigenvalue weighted by atomic mass is 9.95. The van der Waals surface area contributed by atoms with Crippen molar-refractivity contribution < 1.29 is 4.74 Å². The summed E-state index contributed by atoms with van der Waals surface area (Å²) >= 11 is 6.03. The van der Waals surface area contributed by atoms with Gasteiger partial charge in [-0.25, -0.2) is 0 Å². The lowest BCUT2D eigenvalue weighted by Gasteiger charge is -2.23. The molecule has 0 fully saturated rings. The number of benzene rings is 1. The van der Waals surface area contributed by atoms with Crippen molar-refractivity contribution in [1.29, 1.82) is 0 Å². The molecule has 0 unspecified atom stereocenters. The van der Waals surface area contributed by atoms with E-state index >= 15 is 0 Å². The molecular weight excluding hydrogens is 172 g/mol. The van der Waals surface area contributed by atoms with Crippen LogP contribution in [0.3, 0.4) is 0 Å². The van der Waals surface area contributed by atoms with E-state index in [1.165, 1.54) is 5.56 Å². The number of fused-ring (bicyclic) bond motifs is 1. The zero-order valence-electron chi connectivity index (χ0n) is 7.01. The van der Waals surface area contributed by atoms with Gasteiger partial charge in [0.05, 0.1) is 13.2 Å². The van der Waals surface area contributed by atoms with Crippen molar-refractivity contribution in [3.8, 4) is 0 Å². The normalized spacial score (nSPS) is 22.0. The van der Waals surface area contributed by atoms with Crippen LogP contribution >= 0.6 is 11.6 Å². The topological polar surface area (TPSA) is 9.23 Å². The zero-order valence-corrected chi connectivity index (χ0v) is 7.77. The lowest BCUT2D eigenvalue weighted by molar-refractivity contribution is 0.0952. The molecule has 1 aromatic carbocycles. The fraction of sp³-hybridized carbons (Fsp3) is 0.400. The number of hydrogen-bond donors (Lipinski definition) is 0. The summed E-state index contributed by atoms with van der Waals surface area (Å²) in [5.74, 6) is 0.479. The number of rotatable bonds is 0. The van der Waals surface area contributed by atoms with Gasteiger partial charge in [-0.3, -0.25) is 0 Å². The molecule has 2 rings (SSSR count). The van der Waals surface area contributed by atoms with Crippen LogP contribution < -0.4 is 0 Å². The third-order valence-electron chi connectivity index (χ3n) is 2.30. The molecule has 1 atom stereocenters. The molecule has 1 aromatic rings. The molecule has 12 heavy (non-hydrogen) atoms. The molecule has 0 radical (unpaired) electrons. The average molecular weight is 183 g/mol. The monoisotopic (exact) mass is 182 g/mol. The van der Waals surface area contributed by atoms with Gasteiger partial charge in [0.25, 0.3) is 0 Å². The molecule has 0 aromatic heterocycles. The number of ether oxygens (including phenoxy) is 1. The van der Waals surface area contributed by atoms with Gasteiger partial charge in [0.15, 0.2) is 0 Å². The van der Waals surface area contributed by atoms with Crippen molar-refractivity contribution in [3.63, 3.8) is 0 Å². The van der Waals surface area contributed by atoms with E-state index in [0.717, 1.165) is 17.2 Å². The van der Waals surface area contributed by atoms with Crippen molar-refractivity contribution in [2.24, 2.45) is 0 Å². The Bertz CT molecular complexity index is 296. The zero-order chi connectivity index (χ0) is 8.55. The fourth-order valence-electron chi connectivity index (χ4n) is 1.62. The van der Waals surface area contributed by atoms with E-state index in [4.69, 9.17) is 16.3 Å². The second kappa shape index (κ2) is 3.08. The molecule has 0 spiro atoms. The highest BCUT2D eigenvalue weighted by Crippen LogP contribution is 2.30. The molecular formula is C10H11ClO. The van der Waals surface area contributed by atoms with E-state index in [1.807, 2.05) is 12.1 Å². The molecule has 1 aliphatic rings. The second-order valence-electron chi connectivity index (χ2n) is 3.22. The summed E-state index contributed by atoms with van der Waals surface area (Å²) in [6, 6.07) is 6.05. The van der Waals surface area contributed by atoms with Crippen LogP contribution in [0.1, 0.15) is 24.0 Å². The minimum absolute atomic E-state index is 0.479. The van der Waals surface area contributed by atoms with Gasteiger partial charge in [0.1, 0.15) is 0 Å². The Morgan fingerprint density at radius 1 is 1.50 bits per heavy atom. The van der Waals surface area contributed by atoms with Gasteiger partial charge < -0.3 is 4.74 Å². The number of halogens is 1. The summed E-state index contributed by atoms with van der Waals surface area (Å²) in [6.45, 7) is 3.64. The second-order valence-corrected chi connectivity index (χ2v) is 3.63. The van der Waals surface area contributed by atoms with E-state index < -0.39 is 0 Å². The summed E-state index contributed by atoms with van der Waals surface area (Å²) in [6.07, 6.45) is 0. The molecule has 0 N–H and O–H groups in total. The van der Waals surface area contributed by atoms with Crippen LogP contribution in [-0.2, 0) is 11.3 Å². The van der Waals surface area contributed by atoms with Gasteiger partial charge >= 0.3 is 0 Å². The Hall–Kier alpha value is -0.530. The molecule has 0 amide bonds. The van der Waals surface area contributed by atoms with E-state index in [1.54, 1.807) is 0 Å². The Balaban J connectivity index is 2.52. The van der Waals surface area contributed by atoms with Crippen LogP contribution in [0, 0.1) is 0 Å². The molecule has 0 saturated heterocycles. The maximum atomic E-state index is 6.03. The van der Waals surface area contributed by atoms with Gasteiger partial charge in [0, 0.05) is 10.9 Å². The van der Waals surface area contributed by atoms with Crippen molar-refractivity contribution in [2.75, 3.05) is 6.61 Å². The van der Waals surface area contributed by atoms with Crippen LogP contribution in [0.5, 0.6) is 0 Å². The molecule has 1 aliphatic heterocycles. The minimum atomic E-state index is 0.479. The lowest BCUT2D eigenvalue weighted by Crippen LogP contribution is -2.14. The van der Waals surface area contributed by atoms with E-state index in [0.29, 0.717) is 12.5 Å². The van der Waals surface area contributed by atoms with Gasteiger partial charge in [-0.1, -0.05) is 30.7 Å². The van der Waals surface area contributed by atoms with Crippen molar-refractivity contribution in [1.82, 2.24) is 0 Å². The third-order valence-corrected chi connectivity index (χ3v) is 2.65. The van der Waals surface area contributed by atoms with E-state index in [-0.39, 0.29) is 0 Å². The van der Waals surface area contributed by atoms with Crippen LogP contribution in [-0.4, -0.2) is 6.61 Å². The average Bonchev–Trinajstić information content (AvgIpc) is 2.07. The van der Waals surface area contributed by atoms with Gasteiger partial charge in [-0.2, -0.15) is 0 Å². The van der Waals surface area contributed by atoms with Gasteiger partial charge in [-0.15, -0.1) is 0 Å². The summed E-state index contributed by atoms with van der Waals surface area (Å²) in [7, 11) is 0. The first-order valence-electron chi connectivity index (χ1n) is 4.14. The predicted molar refractivity (Wildman–Crippen MR) is 49.5 cm³/mol. The summed E-state index contributed by atoms with van der Waals surface area (Å²) in [5, 5.41) is 0.832. The van der Waals surface area contributed by atoms with Crippen LogP contribution in [0.25, 0.3) is 0 Å². The quantitative estimate of drug-likeness (QED) is 0.600. The highest BCUT2D eigenvalue weighted by Gasteiger charge is 2.17. The first kappa shape index (κ1) is 8.09. The highest BCUT2D eigenvalue weighted by molar-refractivity contribution is 6.31. The maximum absolute atomic E-state index is 6.03. The Morgan fingerprint density at radius 3 is 3.08 bits per heavy atom. The third kappa shape index (κ3) is 1.23. The van der Waals surface area contributed by atoms with Crippen LogP contribution in [0.4, 0.5) is 0 Å². The Morgan fingerprint density at radius 2 is 2.33 bits per heavy atom. The molecule has 64 valence electrons. The predicted octanol–water partition coefficient (Wildman–Crippen LogP) is 2.97. The van der Waals surface area contributed by atoms with Gasteiger partial charge in [-0.05, 0) is 17.2 Å². The summed E-state index contributed by atoms with van der Waals surface area (Å²) in [5.41, 5.74) is 2.51. The van der Waals surface area contributed by atoms with Crippen molar-refractivity contribution in [3.05, 3.63) is 34.3 Å². The minimum Gasteiger partial charge on any atom is -0.376 e. The molecule has 2 heteroatoms. The maximum Gasteiger partial charge on any atom is 0.0734 e. The largest absolute Gasteiger partial charge is 0.376 e. The molecule has 0 aliphatic carbocycles. The van der Waals surface area contributed by atoms with E-state index in [2.05, 4.69) is 13.0 Å². The fourth-order valence-corrected chi connectivity index (χ4v) is 1.85. The molecule has 1 nitrogen and oxygen atoms in total. The molecule has 0 bridgehead atoms. The first-order valence-corrected chi connectivity index (χ1v) is 4.52. The van der Waals surface area contributed by atoms with Crippen molar-refractivity contribution in [2.45, 2.75) is 19.4 Å². The summed E-state index contributed by atoms with van der Waals surface area (Å²) < 4.78 is 5.40. The molecule has 0 saturated carbocycles. The van der Waals surface area contributed by atoms with Crippen LogP contribution in [0.2, 0.25) is 5.02 Å². The Kier molecular flexibility index (Phi) is 2.07. The first-order chi connectivity index (χ1) is 5.79. The van der Waals surface area contributed by atoms with Crippen molar-refractivity contribution >= 4 is 11.6 Å². The highest BCUT2D eigenvalue weighted by atomic mass is 35.5.